The molecule has 6 rings (SSSR count). The molecular formula is C32H27ClN2O2. The van der Waals surface area contributed by atoms with Crippen molar-refractivity contribution in [3.63, 3.8) is 0 Å². The van der Waals surface area contributed by atoms with Crippen LogP contribution in [0.3, 0.4) is 0 Å². The number of allylic oxidation sites excluding steroid dienone is 1. The van der Waals surface area contributed by atoms with Crippen LogP contribution in [-0.2, 0) is 11.4 Å². The number of ketones is 1. The highest BCUT2D eigenvalue weighted by Gasteiger charge is 2.40. The van der Waals surface area contributed by atoms with Gasteiger partial charge in [-0.25, -0.2) is 0 Å². The SMILES string of the molecule is O=C1CC(c2ccc(Cl)cc2)C=C2Nc3ccccc3NC(c3ccccc3OCc3ccccc3)C12. The van der Waals surface area contributed by atoms with Crippen LogP contribution in [0, 0.1) is 5.92 Å². The van der Waals surface area contributed by atoms with Gasteiger partial charge in [0.05, 0.1) is 23.3 Å². The van der Waals surface area contributed by atoms with Gasteiger partial charge in [-0.1, -0.05) is 90.5 Å². The van der Waals surface area contributed by atoms with E-state index in [0.717, 1.165) is 39.5 Å². The number of benzene rings is 4. The van der Waals surface area contributed by atoms with Crippen molar-refractivity contribution in [3.05, 3.63) is 137 Å². The maximum Gasteiger partial charge on any atom is 0.145 e. The summed E-state index contributed by atoms with van der Waals surface area (Å²) in [4.78, 5) is 13.9. The van der Waals surface area contributed by atoms with Gasteiger partial charge in [-0.2, -0.15) is 0 Å². The molecule has 5 heteroatoms. The molecule has 1 aliphatic carbocycles. The standard InChI is InChI=1S/C32H27ClN2O2/c33-24-16-14-22(15-17-24)23-18-28-31(29(36)19-23)32(35-27-12-6-5-11-26(27)34-28)25-10-4-7-13-30(25)37-20-21-8-2-1-3-9-21/h1-18,23,31-32,34-35H,19-20H2. The van der Waals surface area contributed by atoms with Crippen LogP contribution >= 0.6 is 11.6 Å². The van der Waals surface area contributed by atoms with Gasteiger partial charge >= 0.3 is 0 Å². The van der Waals surface area contributed by atoms with Gasteiger partial charge in [-0.05, 0) is 41.5 Å². The number of carbonyl (C=O) groups is 1. The van der Waals surface area contributed by atoms with E-state index in [0.29, 0.717) is 18.1 Å². The van der Waals surface area contributed by atoms with E-state index in [1.807, 2.05) is 84.9 Å². The summed E-state index contributed by atoms with van der Waals surface area (Å²) in [5.41, 5.74) is 5.96. The Morgan fingerprint density at radius 3 is 2.32 bits per heavy atom. The highest BCUT2D eigenvalue weighted by Crippen LogP contribution is 2.46. The Bertz CT molecular complexity index is 1450. The molecule has 2 N–H and O–H groups in total. The Kier molecular flexibility index (Phi) is 6.42. The van der Waals surface area contributed by atoms with Gasteiger partial charge in [-0.3, -0.25) is 4.79 Å². The van der Waals surface area contributed by atoms with Crippen LogP contribution in [0.2, 0.25) is 5.02 Å². The first-order chi connectivity index (χ1) is 18.2. The number of Topliss-reactive ketones (excluding diaryl/α,β-unsaturated/α-hetero) is 1. The van der Waals surface area contributed by atoms with Crippen molar-refractivity contribution >= 4 is 28.8 Å². The summed E-state index contributed by atoms with van der Waals surface area (Å²) in [5, 5.41) is 7.96. The lowest BCUT2D eigenvalue weighted by Crippen LogP contribution is -2.34. The number of hydrogen-bond acceptors (Lipinski definition) is 4. The Morgan fingerprint density at radius 2 is 1.51 bits per heavy atom. The van der Waals surface area contributed by atoms with E-state index in [4.69, 9.17) is 16.3 Å². The fraction of sp³-hybridized carbons (Fsp3) is 0.156. The number of ether oxygens (including phenoxy) is 1. The van der Waals surface area contributed by atoms with Gasteiger partial charge in [0, 0.05) is 28.6 Å². The van der Waals surface area contributed by atoms with Crippen LogP contribution in [0.1, 0.15) is 35.1 Å². The van der Waals surface area contributed by atoms with E-state index < -0.39 is 0 Å². The molecule has 0 aromatic heterocycles. The normalized spacial score (nSPS) is 20.4. The zero-order valence-electron chi connectivity index (χ0n) is 20.2. The monoisotopic (exact) mass is 506 g/mol. The summed E-state index contributed by atoms with van der Waals surface area (Å²) in [6.45, 7) is 0.458. The zero-order chi connectivity index (χ0) is 25.2. The first-order valence-electron chi connectivity index (χ1n) is 12.5. The lowest BCUT2D eigenvalue weighted by atomic mass is 9.76. The molecule has 0 radical (unpaired) electrons. The molecule has 0 amide bonds. The van der Waals surface area contributed by atoms with Gasteiger partial charge in [0.15, 0.2) is 0 Å². The van der Waals surface area contributed by atoms with Gasteiger partial charge in [-0.15, -0.1) is 0 Å². The summed E-state index contributed by atoms with van der Waals surface area (Å²) in [6.07, 6.45) is 2.64. The number of fused-ring (bicyclic) bond motifs is 2. The van der Waals surface area contributed by atoms with E-state index in [9.17, 15) is 4.79 Å². The largest absolute Gasteiger partial charge is 0.489 e. The number of hydrogen-bond donors (Lipinski definition) is 2. The van der Waals surface area contributed by atoms with E-state index in [-0.39, 0.29) is 23.7 Å². The molecule has 3 atom stereocenters. The summed E-state index contributed by atoms with van der Waals surface area (Å²) >= 11 is 6.12. The maximum absolute atomic E-state index is 13.9. The highest BCUT2D eigenvalue weighted by atomic mass is 35.5. The van der Waals surface area contributed by atoms with Crippen molar-refractivity contribution in [1.82, 2.24) is 0 Å². The molecule has 0 saturated carbocycles. The predicted octanol–water partition coefficient (Wildman–Crippen LogP) is 7.75. The molecule has 0 fully saturated rings. The quantitative estimate of drug-likeness (QED) is 0.290. The second-order valence-corrected chi connectivity index (χ2v) is 9.97. The van der Waals surface area contributed by atoms with Crippen LogP contribution in [-0.4, -0.2) is 5.78 Å². The molecule has 1 aliphatic heterocycles. The van der Waals surface area contributed by atoms with Crippen molar-refractivity contribution in [2.45, 2.75) is 25.0 Å². The Labute approximate surface area is 221 Å². The molecule has 4 aromatic rings. The van der Waals surface area contributed by atoms with E-state index in [1.165, 1.54) is 0 Å². The lowest BCUT2D eigenvalue weighted by Gasteiger charge is -2.33. The van der Waals surface area contributed by atoms with Gasteiger partial charge < -0.3 is 15.4 Å². The van der Waals surface area contributed by atoms with Crippen molar-refractivity contribution in [3.8, 4) is 5.75 Å². The molecule has 4 aromatic carbocycles. The molecule has 37 heavy (non-hydrogen) atoms. The first kappa shape index (κ1) is 23.4. The zero-order valence-corrected chi connectivity index (χ0v) is 21.0. The molecule has 184 valence electrons. The number of rotatable bonds is 5. The second-order valence-electron chi connectivity index (χ2n) is 9.53. The minimum absolute atomic E-state index is 0.0148. The molecule has 3 unspecified atom stereocenters. The Balaban J connectivity index is 1.40. The molecule has 1 heterocycles. The van der Waals surface area contributed by atoms with Crippen LogP contribution in [0.25, 0.3) is 0 Å². The first-order valence-corrected chi connectivity index (χ1v) is 12.9. The highest BCUT2D eigenvalue weighted by molar-refractivity contribution is 6.30. The van der Waals surface area contributed by atoms with E-state index >= 15 is 0 Å². The predicted molar refractivity (Wildman–Crippen MR) is 149 cm³/mol. The van der Waals surface area contributed by atoms with Crippen LogP contribution in [0.5, 0.6) is 5.75 Å². The van der Waals surface area contributed by atoms with E-state index in [2.05, 4.69) is 34.9 Å². The summed E-state index contributed by atoms with van der Waals surface area (Å²) in [6, 6.07) is 33.7. The number of carbonyl (C=O) groups excluding carboxylic acids is 1. The van der Waals surface area contributed by atoms with Crippen molar-refractivity contribution in [2.75, 3.05) is 10.6 Å². The Morgan fingerprint density at radius 1 is 0.811 bits per heavy atom. The van der Waals surface area contributed by atoms with Crippen LogP contribution < -0.4 is 15.4 Å². The number of para-hydroxylation sites is 3. The average molecular weight is 507 g/mol. The minimum Gasteiger partial charge on any atom is -0.489 e. The molecule has 0 spiro atoms. The van der Waals surface area contributed by atoms with Crippen molar-refractivity contribution in [1.29, 1.82) is 0 Å². The van der Waals surface area contributed by atoms with Gasteiger partial charge in [0.1, 0.15) is 18.1 Å². The fourth-order valence-corrected chi connectivity index (χ4v) is 5.42. The number of nitrogens with one attached hydrogen (secondary N) is 2. The minimum atomic E-state index is -0.377. The maximum atomic E-state index is 13.9. The third kappa shape index (κ3) is 4.85. The molecule has 2 aliphatic rings. The molecule has 0 saturated heterocycles. The topological polar surface area (TPSA) is 50.4 Å². The third-order valence-electron chi connectivity index (χ3n) is 7.12. The number of halogens is 1. The van der Waals surface area contributed by atoms with E-state index in [1.54, 1.807) is 0 Å². The molecule has 0 bridgehead atoms. The molecule has 4 nitrogen and oxygen atoms in total. The fourth-order valence-electron chi connectivity index (χ4n) is 5.29. The average Bonchev–Trinajstić information content (AvgIpc) is 3.10. The smallest absolute Gasteiger partial charge is 0.145 e. The second kappa shape index (κ2) is 10.2. The Hall–Kier alpha value is -4.02. The van der Waals surface area contributed by atoms with Crippen molar-refractivity contribution < 1.29 is 9.53 Å². The number of anilines is 2. The van der Waals surface area contributed by atoms with Crippen molar-refractivity contribution in [2.24, 2.45) is 5.92 Å². The summed E-state index contributed by atoms with van der Waals surface area (Å²) in [7, 11) is 0. The lowest BCUT2D eigenvalue weighted by molar-refractivity contribution is -0.122. The molecular weight excluding hydrogens is 480 g/mol. The van der Waals surface area contributed by atoms with Crippen LogP contribution in [0.4, 0.5) is 11.4 Å². The van der Waals surface area contributed by atoms with Gasteiger partial charge in [0.25, 0.3) is 0 Å². The van der Waals surface area contributed by atoms with Gasteiger partial charge in [0.2, 0.25) is 0 Å². The van der Waals surface area contributed by atoms with Crippen LogP contribution in [0.15, 0.2) is 115 Å². The third-order valence-corrected chi connectivity index (χ3v) is 7.38. The summed E-state index contributed by atoms with van der Waals surface area (Å²) in [5.74, 6) is 0.569. The summed E-state index contributed by atoms with van der Waals surface area (Å²) < 4.78 is 6.32.